The first-order chi connectivity index (χ1) is 9.69. The fraction of sp³-hybridized carbons (Fsp3) is 0.385. The van der Waals surface area contributed by atoms with E-state index in [0.717, 1.165) is 18.4 Å². The molecule has 0 aliphatic heterocycles. The van der Waals surface area contributed by atoms with Gasteiger partial charge in [-0.25, -0.2) is 14.3 Å². The number of aromatic amines is 1. The van der Waals surface area contributed by atoms with Gasteiger partial charge >= 0.3 is 5.69 Å². The van der Waals surface area contributed by atoms with Gasteiger partial charge in [-0.3, -0.25) is 4.57 Å². The van der Waals surface area contributed by atoms with Gasteiger partial charge in [0.2, 0.25) is 0 Å². The summed E-state index contributed by atoms with van der Waals surface area (Å²) in [5.41, 5.74) is 0.665. The van der Waals surface area contributed by atoms with Crippen molar-refractivity contribution in [1.82, 2.24) is 20.1 Å². The standard InChI is InChI=1S/C13H15FN4OS/c1-15-7-8-2-5-11(10(14)6-8)20-13-17-16-12(19)18(13)9-3-4-9/h2,5-6,9,15H,3-4,7H2,1H3,(H,16,19). The third kappa shape index (κ3) is 2.64. The number of H-pyrrole nitrogens is 1. The highest BCUT2D eigenvalue weighted by Crippen LogP contribution is 2.38. The lowest BCUT2D eigenvalue weighted by atomic mass is 10.2. The summed E-state index contributed by atoms with van der Waals surface area (Å²) in [5.74, 6) is -0.291. The van der Waals surface area contributed by atoms with Crippen molar-refractivity contribution >= 4 is 11.8 Å². The van der Waals surface area contributed by atoms with E-state index in [2.05, 4.69) is 15.5 Å². The van der Waals surface area contributed by atoms with Crippen LogP contribution in [0.2, 0.25) is 0 Å². The summed E-state index contributed by atoms with van der Waals surface area (Å²) in [6.07, 6.45) is 1.97. The largest absolute Gasteiger partial charge is 0.344 e. The molecule has 1 fully saturated rings. The van der Waals surface area contributed by atoms with E-state index in [9.17, 15) is 9.18 Å². The fourth-order valence-electron chi connectivity index (χ4n) is 2.06. The lowest BCUT2D eigenvalue weighted by molar-refractivity contribution is 0.595. The maximum absolute atomic E-state index is 14.0. The molecule has 0 atom stereocenters. The highest BCUT2D eigenvalue weighted by molar-refractivity contribution is 7.99. The van der Waals surface area contributed by atoms with Crippen molar-refractivity contribution in [2.24, 2.45) is 0 Å². The van der Waals surface area contributed by atoms with Crippen molar-refractivity contribution in [2.45, 2.75) is 35.5 Å². The zero-order valence-electron chi connectivity index (χ0n) is 11.0. The van der Waals surface area contributed by atoms with Crippen LogP contribution in [-0.2, 0) is 6.54 Å². The maximum atomic E-state index is 14.0. The molecule has 0 bridgehead atoms. The molecule has 2 aromatic rings. The van der Waals surface area contributed by atoms with Crippen LogP contribution in [0, 0.1) is 5.82 Å². The normalized spacial score (nSPS) is 14.7. The lowest BCUT2D eigenvalue weighted by Gasteiger charge is -2.06. The molecule has 106 valence electrons. The second kappa shape index (κ2) is 5.41. The Morgan fingerprint density at radius 3 is 3.00 bits per heavy atom. The molecule has 0 spiro atoms. The summed E-state index contributed by atoms with van der Waals surface area (Å²) in [6, 6.07) is 5.32. The number of aromatic nitrogens is 3. The molecule has 1 heterocycles. The van der Waals surface area contributed by atoms with Crippen LogP contribution in [0.25, 0.3) is 0 Å². The van der Waals surface area contributed by atoms with Crippen LogP contribution in [0.1, 0.15) is 24.4 Å². The highest BCUT2D eigenvalue weighted by Gasteiger charge is 2.29. The zero-order valence-corrected chi connectivity index (χ0v) is 11.8. The number of hydrogen-bond donors (Lipinski definition) is 2. The van der Waals surface area contributed by atoms with E-state index in [0.29, 0.717) is 16.6 Å². The Hall–Kier alpha value is -1.60. The van der Waals surface area contributed by atoms with Crippen LogP contribution in [-0.4, -0.2) is 21.8 Å². The van der Waals surface area contributed by atoms with Crippen LogP contribution in [0.3, 0.4) is 0 Å². The minimum atomic E-state index is -0.291. The Kier molecular flexibility index (Phi) is 3.62. The van der Waals surface area contributed by atoms with Gasteiger partial charge in [0.1, 0.15) is 5.82 Å². The van der Waals surface area contributed by atoms with E-state index in [1.807, 2.05) is 13.1 Å². The van der Waals surface area contributed by atoms with E-state index < -0.39 is 0 Å². The smallest absolute Gasteiger partial charge is 0.316 e. The average Bonchev–Trinajstić information content (AvgIpc) is 3.18. The Labute approximate surface area is 119 Å². The molecule has 1 aromatic heterocycles. The summed E-state index contributed by atoms with van der Waals surface area (Å²) in [4.78, 5) is 12.1. The molecule has 1 aromatic carbocycles. The molecule has 5 nitrogen and oxygen atoms in total. The second-order valence-corrected chi connectivity index (χ2v) is 5.82. The van der Waals surface area contributed by atoms with E-state index in [1.54, 1.807) is 10.6 Å². The van der Waals surface area contributed by atoms with Crippen molar-refractivity contribution in [1.29, 1.82) is 0 Å². The first-order valence-corrected chi connectivity index (χ1v) is 7.28. The van der Waals surface area contributed by atoms with Crippen LogP contribution in [0.4, 0.5) is 4.39 Å². The van der Waals surface area contributed by atoms with Gasteiger partial charge in [-0.2, -0.15) is 0 Å². The molecule has 1 saturated carbocycles. The summed E-state index contributed by atoms with van der Waals surface area (Å²) < 4.78 is 15.7. The van der Waals surface area contributed by atoms with Gasteiger partial charge < -0.3 is 5.32 Å². The summed E-state index contributed by atoms with van der Waals surface area (Å²) in [6.45, 7) is 0.622. The van der Waals surface area contributed by atoms with Crippen molar-refractivity contribution < 1.29 is 4.39 Å². The van der Waals surface area contributed by atoms with Crippen molar-refractivity contribution in [3.63, 3.8) is 0 Å². The molecule has 0 radical (unpaired) electrons. The number of halogens is 1. The van der Waals surface area contributed by atoms with Gasteiger partial charge in [-0.15, -0.1) is 5.10 Å². The van der Waals surface area contributed by atoms with E-state index in [1.165, 1.54) is 17.8 Å². The van der Waals surface area contributed by atoms with Crippen LogP contribution in [0.5, 0.6) is 0 Å². The minimum Gasteiger partial charge on any atom is -0.316 e. The van der Waals surface area contributed by atoms with Gasteiger partial charge in [-0.1, -0.05) is 6.07 Å². The zero-order chi connectivity index (χ0) is 14.1. The van der Waals surface area contributed by atoms with Crippen LogP contribution < -0.4 is 11.0 Å². The molecule has 2 N–H and O–H groups in total. The molecular formula is C13H15FN4OS. The molecule has 7 heteroatoms. The lowest BCUT2D eigenvalue weighted by Crippen LogP contribution is -2.16. The summed E-state index contributed by atoms with van der Waals surface area (Å²) >= 11 is 1.18. The van der Waals surface area contributed by atoms with Crippen LogP contribution >= 0.6 is 11.8 Å². The van der Waals surface area contributed by atoms with E-state index in [-0.39, 0.29) is 17.5 Å². The SMILES string of the molecule is CNCc1ccc(Sc2n[nH]c(=O)n2C2CC2)c(F)c1. The predicted molar refractivity (Wildman–Crippen MR) is 74.4 cm³/mol. The van der Waals surface area contributed by atoms with Gasteiger partial charge in [-0.05, 0) is 49.3 Å². The third-order valence-electron chi connectivity index (χ3n) is 3.16. The second-order valence-electron chi connectivity index (χ2n) is 4.81. The Bertz CT molecular complexity index is 677. The highest BCUT2D eigenvalue weighted by atomic mass is 32.2. The van der Waals surface area contributed by atoms with Crippen molar-refractivity contribution in [3.8, 4) is 0 Å². The molecule has 3 rings (SSSR count). The summed E-state index contributed by atoms with van der Waals surface area (Å²) in [7, 11) is 1.82. The third-order valence-corrected chi connectivity index (χ3v) is 4.18. The first-order valence-electron chi connectivity index (χ1n) is 6.47. The monoisotopic (exact) mass is 294 g/mol. The molecule has 0 unspecified atom stereocenters. The number of nitrogens with zero attached hydrogens (tertiary/aromatic N) is 2. The number of nitrogens with one attached hydrogen (secondary N) is 2. The van der Waals surface area contributed by atoms with Crippen LogP contribution in [0.15, 0.2) is 33.0 Å². The maximum Gasteiger partial charge on any atom is 0.344 e. The molecule has 20 heavy (non-hydrogen) atoms. The van der Waals surface area contributed by atoms with Gasteiger partial charge in [0.05, 0.1) is 4.90 Å². The minimum absolute atomic E-state index is 0.218. The van der Waals surface area contributed by atoms with Gasteiger partial charge in [0, 0.05) is 12.6 Å². The van der Waals surface area contributed by atoms with Crippen molar-refractivity contribution in [3.05, 3.63) is 40.1 Å². The topological polar surface area (TPSA) is 62.7 Å². The summed E-state index contributed by atoms with van der Waals surface area (Å²) in [5, 5.41) is 9.92. The Morgan fingerprint density at radius 1 is 1.55 bits per heavy atom. The predicted octanol–water partition coefficient (Wildman–Crippen LogP) is 1.92. The van der Waals surface area contributed by atoms with E-state index in [4.69, 9.17) is 0 Å². The molecule has 0 saturated heterocycles. The van der Waals surface area contributed by atoms with Gasteiger partial charge in [0.15, 0.2) is 5.16 Å². The molecule has 0 amide bonds. The average molecular weight is 294 g/mol. The number of rotatable bonds is 5. The molecule has 1 aliphatic rings. The van der Waals surface area contributed by atoms with Gasteiger partial charge in [0.25, 0.3) is 0 Å². The fourth-order valence-corrected chi connectivity index (χ4v) is 2.97. The first kappa shape index (κ1) is 13.4. The molecular weight excluding hydrogens is 279 g/mol. The Balaban J connectivity index is 1.86. The number of benzene rings is 1. The number of hydrogen-bond acceptors (Lipinski definition) is 4. The quantitative estimate of drug-likeness (QED) is 0.884. The van der Waals surface area contributed by atoms with E-state index >= 15 is 0 Å². The Morgan fingerprint density at radius 2 is 2.35 bits per heavy atom. The van der Waals surface area contributed by atoms with Crippen molar-refractivity contribution in [2.75, 3.05) is 7.05 Å². The molecule has 1 aliphatic carbocycles.